The van der Waals surface area contributed by atoms with Crippen LogP contribution >= 0.6 is 11.8 Å². The molecule has 0 fully saturated rings. The molecule has 0 aliphatic carbocycles. The van der Waals surface area contributed by atoms with E-state index in [0.29, 0.717) is 31.1 Å². The van der Waals surface area contributed by atoms with Crippen molar-refractivity contribution in [1.82, 2.24) is 34.7 Å². The lowest BCUT2D eigenvalue weighted by molar-refractivity contribution is -0.115. The van der Waals surface area contributed by atoms with E-state index in [2.05, 4.69) is 37.4 Å². The highest BCUT2D eigenvalue weighted by molar-refractivity contribution is 7.99. The first-order chi connectivity index (χ1) is 14.7. The highest BCUT2D eigenvalue weighted by Crippen LogP contribution is 2.20. The van der Waals surface area contributed by atoms with Crippen LogP contribution in [0.4, 0.5) is 5.82 Å². The number of thioether (sulfide) groups is 1. The second-order valence-corrected chi connectivity index (χ2v) is 7.46. The fourth-order valence-electron chi connectivity index (χ4n) is 2.90. The number of hydrogen-bond acceptors (Lipinski definition) is 7. The zero-order valence-corrected chi connectivity index (χ0v) is 17.0. The molecule has 0 aliphatic rings. The van der Waals surface area contributed by atoms with E-state index in [0.717, 1.165) is 22.0 Å². The molecular weight excluding hydrogens is 400 g/mol. The number of hydrogen-bond donors (Lipinski definition) is 1. The van der Waals surface area contributed by atoms with E-state index in [1.54, 1.807) is 29.1 Å². The molecule has 9 nitrogen and oxygen atoms in total. The Morgan fingerprint density at radius 1 is 1.13 bits per heavy atom. The van der Waals surface area contributed by atoms with Gasteiger partial charge in [0.1, 0.15) is 17.9 Å². The first kappa shape index (κ1) is 19.8. The van der Waals surface area contributed by atoms with E-state index in [-0.39, 0.29) is 5.91 Å². The second-order valence-electron chi connectivity index (χ2n) is 6.40. The highest BCUT2D eigenvalue weighted by Gasteiger charge is 2.15. The monoisotopic (exact) mass is 420 g/mol. The molecule has 0 aliphatic heterocycles. The standard InChI is InChI=1S/C20H20N8OS/c1-2-12-27-18(14-28-16-8-4-3-7-15(16)23-26-28)24-25-20(27)30-13-10-19(29)22-17-9-5-6-11-21-17/h2-9,11H,1,10,12-14H2,(H,21,22,29). The Kier molecular flexibility index (Phi) is 6.14. The van der Waals surface area contributed by atoms with Gasteiger partial charge in [0.15, 0.2) is 11.0 Å². The van der Waals surface area contributed by atoms with E-state index in [9.17, 15) is 4.79 Å². The number of rotatable bonds is 9. The minimum Gasteiger partial charge on any atom is -0.311 e. The SMILES string of the molecule is C=CCn1c(Cn2nnc3ccccc32)nnc1SCCC(=O)Nc1ccccn1. The van der Waals surface area contributed by atoms with Gasteiger partial charge in [-0.2, -0.15) is 0 Å². The van der Waals surface area contributed by atoms with Gasteiger partial charge >= 0.3 is 0 Å². The number of para-hydroxylation sites is 1. The lowest BCUT2D eigenvalue weighted by Crippen LogP contribution is -2.13. The van der Waals surface area contributed by atoms with Gasteiger partial charge in [0.25, 0.3) is 0 Å². The Labute approximate surface area is 177 Å². The predicted molar refractivity (Wildman–Crippen MR) is 115 cm³/mol. The summed E-state index contributed by atoms with van der Waals surface area (Å²) in [6.07, 6.45) is 3.78. The molecule has 4 aromatic rings. The third kappa shape index (κ3) is 4.54. The highest BCUT2D eigenvalue weighted by atomic mass is 32.2. The molecule has 0 saturated carbocycles. The average molecular weight is 421 g/mol. The largest absolute Gasteiger partial charge is 0.311 e. The maximum Gasteiger partial charge on any atom is 0.226 e. The summed E-state index contributed by atoms with van der Waals surface area (Å²) in [6, 6.07) is 13.2. The van der Waals surface area contributed by atoms with E-state index in [1.165, 1.54) is 11.8 Å². The van der Waals surface area contributed by atoms with Crippen LogP contribution in [0.2, 0.25) is 0 Å². The van der Waals surface area contributed by atoms with Crippen LogP contribution in [0.3, 0.4) is 0 Å². The van der Waals surface area contributed by atoms with E-state index in [4.69, 9.17) is 0 Å². The van der Waals surface area contributed by atoms with E-state index >= 15 is 0 Å². The fraction of sp³-hybridized carbons (Fsp3) is 0.200. The maximum atomic E-state index is 12.1. The van der Waals surface area contributed by atoms with Crippen LogP contribution in [0.25, 0.3) is 11.0 Å². The van der Waals surface area contributed by atoms with Crippen LogP contribution in [0.1, 0.15) is 12.2 Å². The molecule has 3 aromatic heterocycles. The number of carbonyl (C=O) groups excluding carboxylic acids is 1. The van der Waals surface area contributed by atoms with Crippen molar-refractivity contribution in [2.75, 3.05) is 11.1 Å². The molecule has 0 atom stereocenters. The maximum absolute atomic E-state index is 12.1. The van der Waals surface area contributed by atoms with Gasteiger partial charge < -0.3 is 9.88 Å². The number of amides is 1. The van der Waals surface area contributed by atoms with Gasteiger partial charge in [-0.1, -0.05) is 41.3 Å². The molecule has 152 valence electrons. The van der Waals surface area contributed by atoms with Crippen molar-refractivity contribution < 1.29 is 4.79 Å². The van der Waals surface area contributed by atoms with Crippen LogP contribution < -0.4 is 5.32 Å². The van der Waals surface area contributed by atoms with Crippen molar-refractivity contribution >= 4 is 34.5 Å². The molecule has 4 rings (SSSR count). The Balaban J connectivity index is 1.41. The van der Waals surface area contributed by atoms with Crippen molar-refractivity contribution in [3.63, 3.8) is 0 Å². The number of nitrogens with one attached hydrogen (secondary N) is 1. The van der Waals surface area contributed by atoms with Crippen LogP contribution in [0.5, 0.6) is 0 Å². The van der Waals surface area contributed by atoms with Crippen molar-refractivity contribution in [2.45, 2.75) is 24.7 Å². The van der Waals surface area contributed by atoms with Gasteiger partial charge in [-0.05, 0) is 24.3 Å². The Morgan fingerprint density at radius 2 is 2.00 bits per heavy atom. The zero-order valence-electron chi connectivity index (χ0n) is 16.2. The Hall–Kier alpha value is -3.53. The summed E-state index contributed by atoms with van der Waals surface area (Å²) in [5.74, 6) is 1.78. The third-order valence-electron chi connectivity index (χ3n) is 4.31. The molecule has 0 radical (unpaired) electrons. The number of nitrogens with zero attached hydrogens (tertiary/aromatic N) is 7. The quantitative estimate of drug-likeness (QED) is 0.328. The van der Waals surface area contributed by atoms with Gasteiger partial charge in [-0.25, -0.2) is 9.67 Å². The Morgan fingerprint density at radius 3 is 2.83 bits per heavy atom. The number of aromatic nitrogens is 7. The summed E-state index contributed by atoms with van der Waals surface area (Å²) in [4.78, 5) is 16.2. The molecule has 0 saturated heterocycles. The van der Waals surface area contributed by atoms with Crippen LogP contribution in [0.15, 0.2) is 66.5 Å². The van der Waals surface area contributed by atoms with Crippen molar-refractivity contribution in [1.29, 1.82) is 0 Å². The lowest BCUT2D eigenvalue weighted by Gasteiger charge is -2.08. The number of carbonyl (C=O) groups is 1. The van der Waals surface area contributed by atoms with Crippen molar-refractivity contribution in [3.05, 3.63) is 67.1 Å². The zero-order chi connectivity index (χ0) is 20.8. The first-order valence-corrected chi connectivity index (χ1v) is 10.4. The minimum atomic E-state index is -0.0923. The molecule has 0 unspecified atom stereocenters. The predicted octanol–water partition coefficient (Wildman–Crippen LogP) is 2.77. The number of fused-ring (bicyclic) bond motifs is 1. The second kappa shape index (κ2) is 9.31. The normalized spacial score (nSPS) is 10.9. The molecule has 1 N–H and O–H groups in total. The number of pyridine rings is 1. The topological polar surface area (TPSA) is 103 Å². The molecular formula is C20H20N8OS. The first-order valence-electron chi connectivity index (χ1n) is 9.39. The molecule has 0 spiro atoms. The van der Waals surface area contributed by atoms with Gasteiger partial charge in [-0.15, -0.1) is 21.9 Å². The lowest BCUT2D eigenvalue weighted by atomic mass is 10.3. The summed E-state index contributed by atoms with van der Waals surface area (Å²) < 4.78 is 3.78. The third-order valence-corrected chi connectivity index (χ3v) is 5.28. The van der Waals surface area contributed by atoms with E-state index < -0.39 is 0 Å². The van der Waals surface area contributed by atoms with Crippen LogP contribution in [-0.2, 0) is 17.9 Å². The molecule has 1 aromatic carbocycles. The number of allylic oxidation sites excluding steroid dienone is 1. The summed E-state index contributed by atoms with van der Waals surface area (Å²) >= 11 is 1.48. The summed E-state index contributed by atoms with van der Waals surface area (Å²) in [7, 11) is 0. The molecule has 30 heavy (non-hydrogen) atoms. The van der Waals surface area contributed by atoms with Crippen molar-refractivity contribution in [2.24, 2.45) is 0 Å². The van der Waals surface area contributed by atoms with Gasteiger partial charge in [-0.3, -0.25) is 4.79 Å². The average Bonchev–Trinajstić information content (AvgIpc) is 3.34. The summed E-state index contributed by atoms with van der Waals surface area (Å²) in [5.41, 5.74) is 1.77. The fourth-order valence-corrected chi connectivity index (χ4v) is 3.80. The van der Waals surface area contributed by atoms with Crippen molar-refractivity contribution in [3.8, 4) is 0 Å². The van der Waals surface area contributed by atoms with Gasteiger partial charge in [0.2, 0.25) is 5.91 Å². The van der Waals surface area contributed by atoms with Gasteiger partial charge in [0.05, 0.1) is 5.52 Å². The number of benzene rings is 1. The minimum absolute atomic E-state index is 0.0923. The summed E-state index contributed by atoms with van der Waals surface area (Å²) in [6.45, 7) is 4.84. The Bertz CT molecular complexity index is 1150. The smallest absolute Gasteiger partial charge is 0.226 e. The number of anilines is 1. The van der Waals surface area contributed by atoms with Gasteiger partial charge in [0, 0.05) is 24.9 Å². The van der Waals surface area contributed by atoms with E-state index in [1.807, 2.05) is 34.9 Å². The molecule has 10 heteroatoms. The van der Waals surface area contributed by atoms with Crippen LogP contribution in [-0.4, -0.2) is 46.4 Å². The molecule has 1 amide bonds. The molecule has 3 heterocycles. The summed E-state index contributed by atoms with van der Waals surface area (Å²) in [5, 5.41) is 20.5. The van der Waals surface area contributed by atoms with Crippen LogP contribution in [0, 0.1) is 0 Å². The molecule has 0 bridgehead atoms.